The van der Waals surface area contributed by atoms with Gasteiger partial charge in [0.2, 0.25) is 0 Å². The number of nitrogens with two attached hydrogens (primary N) is 2. The van der Waals surface area contributed by atoms with Crippen LogP contribution >= 0.6 is 0 Å². The predicted molar refractivity (Wildman–Crippen MR) is 107 cm³/mol. The lowest BCUT2D eigenvalue weighted by Gasteiger charge is -2.27. The average Bonchev–Trinajstić information content (AvgIpc) is 2.56. The van der Waals surface area contributed by atoms with Crippen molar-refractivity contribution in [2.24, 2.45) is 11.5 Å². The fourth-order valence-corrected chi connectivity index (χ4v) is 2.11. The van der Waals surface area contributed by atoms with Gasteiger partial charge in [-0.3, -0.25) is 0 Å². The summed E-state index contributed by atoms with van der Waals surface area (Å²) in [6.45, 7) is 14.6. The van der Waals surface area contributed by atoms with E-state index in [4.69, 9.17) is 16.2 Å². The smallest absolute Gasteiger partial charge is 0.410 e. The van der Waals surface area contributed by atoms with Crippen LogP contribution in [0.15, 0.2) is 0 Å². The van der Waals surface area contributed by atoms with Gasteiger partial charge in [0.15, 0.2) is 0 Å². The highest BCUT2D eigenvalue weighted by Crippen LogP contribution is 2.09. The number of hydrogen-bond acceptors (Lipinski definition) is 8. The van der Waals surface area contributed by atoms with Crippen molar-refractivity contribution in [3.8, 4) is 0 Å². The Morgan fingerprint density at radius 3 is 1.50 bits per heavy atom. The number of amides is 1. The van der Waals surface area contributed by atoms with Gasteiger partial charge in [-0.25, -0.2) is 4.79 Å². The number of hydrogen-bond donors (Lipinski definition) is 6. The minimum Gasteiger partial charge on any atom is -0.444 e. The second-order valence-electron chi connectivity index (χ2n) is 7.04. The van der Waals surface area contributed by atoms with Crippen LogP contribution in [-0.4, -0.2) is 95.1 Å². The number of rotatable bonds is 16. The van der Waals surface area contributed by atoms with Gasteiger partial charge < -0.3 is 42.4 Å². The van der Waals surface area contributed by atoms with Crippen LogP contribution in [0.4, 0.5) is 4.79 Å². The van der Waals surface area contributed by atoms with Gasteiger partial charge in [0.05, 0.1) is 0 Å². The summed E-state index contributed by atoms with van der Waals surface area (Å²) >= 11 is 0. The van der Waals surface area contributed by atoms with Crippen LogP contribution in [0, 0.1) is 0 Å². The van der Waals surface area contributed by atoms with Gasteiger partial charge in [-0.1, -0.05) is 0 Å². The molecule has 0 aromatic heterocycles. The zero-order valence-electron chi connectivity index (χ0n) is 16.9. The number of ether oxygens (including phenoxy) is 1. The molecule has 0 aromatic rings. The molecule has 0 aliphatic rings. The third-order valence-corrected chi connectivity index (χ3v) is 3.37. The van der Waals surface area contributed by atoms with Crippen molar-refractivity contribution in [3.63, 3.8) is 0 Å². The summed E-state index contributed by atoms with van der Waals surface area (Å²) in [5, 5.41) is 13.1. The Balaban J connectivity index is 4.07. The largest absolute Gasteiger partial charge is 0.444 e. The molecule has 26 heavy (non-hydrogen) atoms. The van der Waals surface area contributed by atoms with Crippen molar-refractivity contribution in [2.75, 3.05) is 78.5 Å². The molecular formula is C17H41N7O2. The third-order valence-electron chi connectivity index (χ3n) is 3.37. The number of carbonyl (C=O) groups is 1. The van der Waals surface area contributed by atoms with Gasteiger partial charge in [-0.2, -0.15) is 0 Å². The summed E-state index contributed by atoms with van der Waals surface area (Å²) < 4.78 is 5.50. The monoisotopic (exact) mass is 375 g/mol. The summed E-state index contributed by atoms with van der Waals surface area (Å²) in [6.07, 6.45) is -0.274. The van der Waals surface area contributed by atoms with E-state index in [2.05, 4.69) is 21.3 Å². The Bertz CT molecular complexity index is 320. The van der Waals surface area contributed by atoms with E-state index < -0.39 is 5.60 Å². The SMILES string of the molecule is CC(C)(C)OC(=O)N(CCNCCNCCN)CCNCCNCCN. The van der Waals surface area contributed by atoms with E-state index in [-0.39, 0.29) is 6.09 Å². The van der Waals surface area contributed by atoms with Gasteiger partial charge in [0.25, 0.3) is 0 Å². The van der Waals surface area contributed by atoms with Crippen LogP contribution < -0.4 is 32.7 Å². The Labute approximate surface area is 158 Å². The maximum absolute atomic E-state index is 12.4. The van der Waals surface area contributed by atoms with Crippen molar-refractivity contribution in [1.29, 1.82) is 0 Å². The lowest BCUT2D eigenvalue weighted by molar-refractivity contribution is 0.0254. The van der Waals surface area contributed by atoms with E-state index in [1.54, 1.807) is 4.90 Å². The van der Waals surface area contributed by atoms with E-state index in [9.17, 15) is 4.79 Å². The van der Waals surface area contributed by atoms with E-state index in [1.165, 1.54) is 0 Å². The van der Waals surface area contributed by atoms with Crippen LogP contribution in [0.2, 0.25) is 0 Å². The molecule has 0 spiro atoms. The average molecular weight is 376 g/mol. The Morgan fingerprint density at radius 1 is 0.769 bits per heavy atom. The van der Waals surface area contributed by atoms with Crippen molar-refractivity contribution in [2.45, 2.75) is 26.4 Å². The van der Waals surface area contributed by atoms with Crippen molar-refractivity contribution < 1.29 is 9.53 Å². The Hall–Kier alpha value is -0.970. The molecule has 9 heteroatoms. The quantitative estimate of drug-likeness (QED) is 0.180. The fourth-order valence-electron chi connectivity index (χ4n) is 2.11. The minimum atomic E-state index is -0.492. The molecule has 0 saturated heterocycles. The zero-order valence-corrected chi connectivity index (χ0v) is 16.9. The number of nitrogens with zero attached hydrogens (tertiary/aromatic N) is 1. The Morgan fingerprint density at radius 2 is 1.15 bits per heavy atom. The second-order valence-corrected chi connectivity index (χ2v) is 7.04. The topological polar surface area (TPSA) is 130 Å². The third kappa shape index (κ3) is 16.5. The van der Waals surface area contributed by atoms with E-state index in [0.717, 1.165) is 52.4 Å². The molecular weight excluding hydrogens is 334 g/mol. The predicted octanol–water partition coefficient (Wildman–Crippen LogP) is -1.50. The summed E-state index contributed by atoms with van der Waals surface area (Å²) in [5.41, 5.74) is 10.4. The summed E-state index contributed by atoms with van der Waals surface area (Å²) in [6, 6.07) is 0. The lowest BCUT2D eigenvalue weighted by atomic mass is 10.2. The highest BCUT2D eigenvalue weighted by Gasteiger charge is 2.21. The first-order valence-corrected chi connectivity index (χ1v) is 9.61. The van der Waals surface area contributed by atoms with Gasteiger partial charge in [0, 0.05) is 78.5 Å². The van der Waals surface area contributed by atoms with Gasteiger partial charge in [-0.15, -0.1) is 0 Å². The molecule has 0 aliphatic heterocycles. The first-order valence-electron chi connectivity index (χ1n) is 9.61. The highest BCUT2D eigenvalue weighted by molar-refractivity contribution is 5.68. The number of nitrogens with one attached hydrogen (secondary N) is 4. The molecule has 0 aliphatic carbocycles. The maximum atomic E-state index is 12.4. The fraction of sp³-hybridized carbons (Fsp3) is 0.941. The van der Waals surface area contributed by atoms with Crippen LogP contribution in [0.25, 0.3) is 0 Å². The molecule has 0 radical (unpaired) electrons. The summed E-state index contributed by atoms with van der Waals surface area (Å²) in [5.74, 6) is 0. The molecule has 0 atom stereocenters. The molecule has 9 nitrogen and oxygen atoms in total. The van der Waals surface area contributed by atoms with Gasteiger partial charge in [-0.05, 0) is 20.8 Å². The maximum Gasteiger partial charge on any atom is 0.410 e. The second kappa shape index (κ2) is 16.2. The lowest BCUT2D eigenvalue weighted by Crippen LogP contribution is -2.44. The first-order chi connectivity index (χ1) is 12.4. The molecule has 0 unspecified atom stereocenters. The van der Waals surface area contributed by atoms with E-state index in [0.29, 0.717) is 26.2 Å². The van der Waals surface area contributed by atoms with Gasteiger partial charge >= 0.3 is 6.09 Å². The molecule has 0 heterocycles. The summed E-state index contributed by atoms with van der Waals surface area (Å²) in [4.78, 5) is 14.1. The van der Waals surface area contributed by atoms with Gasteiger partial charge in [0.1, 0.15) is 5.60 Å². The van der Waals surface area contributed by atoms with Crippen molar-refractivity contribution in [3.05, 3.63) is 0 Å². The van der Waals surface area contributed by atoms with Crippen LogP contribution in [0.3, 0.4) is 0 Å². The van der Waals surface area contributed by atoms with Crippen LogP contribution in [-0.2, 0) is 4.74 Å². The van der Waals surface area contributed by atoms with E-state index >= 15 is 0 Å². The van der Waals surface area contributed by atoms with Crippen molar-refractivity contribution in [1.82, 2.24) is 26.2 Å². The molecule has 156 valence electrons. The summed E-state index contributed by atoms with van der Waals surface area (Å²) in [7, 11) is 0. The molecule has 0 fully saturated rings. The van der Waals surface area contributed by atoms with E-state index in [1.807, 2.05) is 20.8 Å². The van der Waals surface area contributed by atoms with Crippen molar-refractivity contribution >= 4 is 6.09 Å². The number of carbonyl (C=O) groups excluding carboxylic acids is 1. The normalized spacial score (nSPS) is 11.6. The molecule has 0 rings (SSSR count). The molecule has 0 aromatic carbocycles. The molecule has 0 saturated carbocycles. The highest BCUT2D eigenvalue weighted by atomic mass is 16.6. The van der Waals surface area contributed by atoms with Crippen LogP contribution in [0.1, 0.15) is 20.8 Å². The van der Waals surface area contributed by atoms with Crippen LogP contribution in [0.5, 0.6) is 0 Å². The minimum absolute atomic E-state index is 0.274. The molecule has 8 N–H and O–H groups in total. The molecule has 1 amide bonds. The molecule has 0 bridgehead atoms. The first kappa shape index (κ1) is 25.0. The standard InChI is InChI=1S/C17H41N7O2/c1-17(2,3)26-16(25)24(14-12-22-10-8-20-6-4-18)15-13-23-11-9-21-7-5-19/h20-23H,4-15,18-19H2,1-3H3. The Kier molecular flexibility index (Phi) is 15.6. The zero-order chi connectivity index (χ0) is 19.7.